The summed E-state index contributed by atoms with van der Waals surface area (Å²) in [5.74, 6) is 0. The van der Waals surface area contributed by atoms with Crippen molar-refractivity contribution in [1.29, 1.82) is 0 Å². The molecule has 1 nitrogen and oxygen atoms in total. The molecular formula is C30H32N+. The van der Waals surface area contributed by atoms with Gasteiger partial charge in [0.2, 0.25) is 5.69 Å². The topological polar surface area (TPSA) is 3.88 Å². The molecule has 0 aliphatic heterocycles. The molecule has 1 aromatic heterocycles. The lowest BCUT2D eigenvalue weighted by atomic mass is 9.54. The molecule has 1 heterocycles. The summed E-state index contributed by atoms with van der Waals surface area (Å²) in [6.07, 6.45) is 1.73. The van der Waals surface area contributed by atoms with Gasteiger partial charge in [0, 0.05) is 21.3 Å². The molecule has 0 saturated carbocycles. The van der Waals surface area contributed by atoms with Gasteiger partial charge in [0.25, 0.3) is 0 Å². The largest absolute Gasteiger partial charge is 0.212 e. The van der Waals surface area contributed by atoms with E-state index < -0.39 is 6.85 Å². The van der Waals surface area contributed by atoms with Gasteiger partial charge in [-0.2, -0.15) is 0 Å². The number of hydrogen-bond donors (Lipinski definition) is 0. The van der Waals surface area contributed by atoms with E-state index in [-0.39, 0.29) is 10.8 Å². The number of nitrogens with zero attached hydrogens (tertiary/aromatic N) is 1. The quantitative estimate of drug-likeness (QED) is 0.293. The second-order valence-electron chi connectivity index (χ2n) is 10.1. The van der Waals surface area contributed by atoms with Crippen LogP contribution in [0.2, 0.25) is 0 Å². The molecule has 0 unspecified atom stereocenters. The number of aryl methyl sites for hydroxylation is 2. The molecule has 0 bridgehead atoms. The van der Waals surface area contributed by atoms with Crippen molar-refractivity contribution in [1.82, 2.24) is 0 Å². The summed E-state index contributed by atoms with van der Waals surface area (Å²) in [6.45, 7) is 9.55. The van der Waals surface area contributed by atoms with Gasteiger partial charge in [-0.3, -0.25) is 0 Å². The minimum atomic E-state index is -2.11. The fourth-order valence-electron chi connectivity index (χ4n) is 5.54. The maximum Gasteiger partial charge on any atom is 0.212 e. The first-order chi connectivity index (χ1) is 15.8. The molecule has 0 N–H and O–H groups in total. The highest BCUT2D eigenvalue weighted by molar-refractivity contribution is 5.93. The van der Waals surface area contributed by atoms with E-state index in [0.29, 0.717) is 5.56 Å². The maximum atomic E-state index is 7.75. The Morgan fingerprint density at radius 2 is 1.45 bits per heavy atom. The monoisotopic (exact) mass is 409 g/mol. The van der Waals surface area contributed by atoms with Crippen LogP contribution in [0.1, 0.15) is 54.1 Å². The average Bonchev–Trinajstić information content (AvgIpc) is 2.76. The number of aromatic nitrogens is 1. The van der Waals surface area contributed by atoms with Gasteiger partial charge in [0.15, 0.2) is 6.20 Å². The van der Waals surface area contributed by atoms with Gasteiger partial charge in [0.05, 0.1) is 0 Å². The van der Waals surface area contributed by atoms with Crippen molar-refractivity contribution in [2.75, 3.05) is 0 Å². The second-order valence-corrected chi connectivity index (χ2v) is 10.1. The highest BCUT2D eigenvalue weighted by atomic mass is 14.9. The van der Waals surface area contributed by atoms with E-state index in [0.717, 1.165) is 11.3 Å². The van der Waals surface area contributed by atoms with E-state index in [1.807, 2.05) is 17.7 Å². The second kappa shape index (κ2) is 6.53. The zero-order valence-electron chi connectivity index (χ0n) is 22.3. The first-order valence-electron chi connectivity index (χ1n) is 12.5. The molecular weight excluding hydrogens is 374 g/mol. The predicted molar refractivity (Wildman–Crippen MR) is 132 cm³/mol. The number of benzene rings is 3. The van der Waals surface area contributed by atoms with Crippen LogP contribution in [0, 0.1) is 13.8 Å². The molecule has 0 amide bonds. The fourth-order valence-corrected chi connectivity index (χ4v) is 5.54. The summed E-state index contributed by atoms with van der Waals surface area (Å²) >= 11 is 0. The third-order valence-corrected chi connectivity index (χ3v) is 7.91. The Kier molecular flexibility index (Phi) is 3.52. The molecule has 5 rings (SSSR count). The lowest BCUT2D eigenvalue weighted by molar-refractivity contribution is -0.660. The number of pyridine rings is 1. The summed E-state index contributed by atoms with van der Waals surface area (Å²) < 4.78 is 25.2. The molecule has 0 atom stereocenters. The number of fused-ring (bicyclic) bond motifs is 4. The van der Waals surface area contributed by atoms with Crippen molar-refractivity contribution in [2.45, 2.75) is 52.3 Å². The van der Waals surface area contributed by atoms with Crippen LogP contribution in [0.15, 0.2) is 66.9 Å². The zero-order chi connectivity index (χ0) is 24.6. The molecule has 31 heavy (non-hydrogen) atoms. The van der Waals surface area contributed by atoms with Crippen LogP contribution in [0.25, 0.3) is 33.2 Å². The fraction of sp³-hybridized carbons (Fsp3) is 0.300. The third-order valence-electron chi connectivity index (χ3n) is 7.91. The standard InChI is InChI=1S/C30H32N/c1-19-12-15-27(31(7)18-19)23-13-14-24-25-16-21-10-8-9-11-22(21)17-26(25)29(3,4)30(5,6)28(24)20(23)2/h8-18H,1-7H3/q+1/i1D3. The lowest BCUT2D eigenvalue weighted by Gasteiger charge is -2.49. The Morgan fingerprint density at radius 3 is 2.13 bits per heavy atom. The summed E-state index contributed by atoms with van der Waals surface area (Å²) in [4.78, 5) is 0. The Bertz CT molecular complexity index is 1460. The van der Waals surface area contributed by atoms with Crippen molar-refractivity contribution in [3.8, 4) is 22.4 Å². The lowest BCUT2D eigenvalue weighted by Crippen LogP contribution is -2.44. The van der Waals surface area contributed by atoms with Gasteiger partial charge in [-0.15, -0.1) is 0 Å². The van der Waals surface area contributed by atoms with Crippen LogP contribution < -0.4 is 4.57 Å². The van der Waals surface area contributed by atoms with Gasteiger partial charge >= 0.3 is 0 Å². The van der Waals surface area contributed by atoms with Gasteiger partial charge in [-0.25, -0.2) is 4.57 Å². The molecule has 1 aliphatic rings. The highest BCUT2D eigenvalue weighted by Crippen LogP contribution is 2.56. The van der Waals surface area contributed by atoms with Crippen molar-refractivity contribution >= 4 is 10.8 Å². The smallest absolute Gasteiger partial charge is 0.201 e. The van der Waals surface area contributed by atoms with Crippen LogP contribution in [-0.4, -0.2) is 0 Å². The molecule has 1 heteroatoms. The summed E-state index contributed by atoms with van der Waals surface area (Å²) in [6, 6.07) is 21.5. The van der Waals surface area contributed by atoms with Crippen LogP contribution in [0.5, 0.6) is 0 Å². The summed E-state index contributed by atoms with van der Waals surface area (Å²) in [5.41, 5.74) is 8.98. The molecule has 156 valence electrons. The van der Waals surface area contributed by atoms with E-state index in [2.05, 4.69) is 83.1 Å². The van der Waals surface area contributed by atoms with E-state index in [9.17, 15) is 0 Å². The molecule has 4 aromatic rings. The number of hydrogen-bond acceptors (Lipinski definition) is 0. The normalized spacial score (nSPS) is 17.9. The molecule has 0 radical (unpaired) electrons. The average molecular weight is 410 g/mol. The van der Waals surface area contributed by atoms with Crippen molar-refractivity contribution in [3.63, 3.8) is 0 Å². The van der Waals surface area contributed by atoms with E-state index in [4.69, 9.17) is 4.11 Å². The Hall–Kier alpha value is -2.93. The Balaban J connectivity index is 1.79. The van der Waals surface area contributed by atoms with Crippen molar-refractivity contribution in [2.24, 2.45) is 7.05 Å². The van der Waals surface area contributed by atoms with Crippen LogP contribution in [0.4, 0.5) is 0 Å². The first-order valence-corrected chi connectivity index (χ1v) is 11.0. The molecule has 0 fully saturated rings. The SMILES string of the molecule is [2H]C([2H])([2H])c1ccc(-c2ccc3c(c2C)C(C)(C)C(C)(C)c2cc4ccccc4cc2-3)[n+](C)c1. The summed E-state index contributed by atoms with van der Waals surface area (Å²) in [5, 5.41) is 2.54. The molecule has 3 aromatic carbocycles. The molecule has 0 saturated heterocycles. The zero-order valence-corrected chi connectivity index (χ0v) is 19.3. The Morgan fingerprint density at radius 1 is 0.774 bits per heavy atom. The molecule has 0 spiro atoms. The van der Waals surface area contributed by atoms with Gasteiger partial charge in [-0.1, -0.05) is 58.0 Å². The highest BCUT2D eigenvalue weighted by Gasteiger charge is 2.47. The van der Waals surface area contributed by atoms with E-state index in [1.165, 1.54) is 38.6 Å². The first kappa shape index (κ1) is 16.7. The minimum Gasteiger partial charge on any atom is -0.201 e. The minimum absolute atomic E-state index is 0.0734. The van der Waals surface area contributed by atoms with Gasteiger partial charge < -0.3 is 0 Å². The maximum absolute atomic E-state index is 7.75. The van der Waals surface area contributed by atoms with E-state index in [1.54, 1.807) is 12.3 Å². The van der Waals surface area contributed by atoms with Crippen LogP contribution >= 0.6 is 0 Å². The van der Waals surface area contributed by atoms with Gasteiger partial charge in [0.1, 0.15) is 7.05 Å². The van der Waals surface area contributed by atoms with Crippen molar-refractivity contribution < 1.29 is 8.68 Å². The van der Waals surface area contributed by atoms with Crippen molar-refractivity contribution in [3.05, 3.63) is 89.1 Å². The predicted octanol–water partition coefficient (Wildman–Crippen LogP) is 7.18. The number of rotatable bonds is 1. The van der Waals surface area contributed by atoms with Crippen LogP contribution in [0.3, 0.4) is 0 Å². The Labute approximate surface area is 190 Å². The molecule has 1 aliphatic carbocycles. The van der Waals surface area contributed by atoms with E-state index >= 15 is 0 Å². The van der Waals surface area contributed by atoms with Gasteiger partial charge in [-0.05, 0) is 87.5 Å². The summed E-state index contributed by atoms with van der Waals surface area (Å²) in [7, 11) is 1.93. The third kappa shape index (κ3) is 2.72. The van der Waals surface area contributed by atoms with Crippen LogP contribution in [-0.2, 0) is 17.9 Å².